The van der Waals surface area contributed by atoms with Crippen LogP contribution in [0.15, 0.2) is 0 Å². The summed E-state index contributed by atoms with van der Waals surface area (Å²) in [6, 6.07) is 0. The van der Waals surface area contributed by atoms with Crippen molar-refractivity contribution in [2.24, 2.45) is 5.73 Å². The van der Waals surface area contributed by atoms with Crippen LogP contribution in [0.1, 0.15) is 45.4 Å². The smallest absolute Gasteiger partial charge is 0.0109 e. The maximum absolute atomic E-state index is 5.52. The lowest BCUT2D eigenvalue weighted by atomic mass is 10.2. The molecule has 1 aliphatic heterocycles. The van der Waals surface area contributed by atoms with E-state index in [0.29, 0.717) is 0 Å². The molecule has 3 nitrogen and oxygen atoms in total. The topological polar surface area (TPSA) is 32.5 Å². The normalized spacial score (nSPS) is 19.4. The van der Waals surface area contributed by atoms with Gasteiger partial charge in [-0.2, -0.15) is 0 Å². The number of nitrogens with zero attached hydrogens (tertiary/aromatic N) is 2. The van der Waals surface area contributed by atoms with Crippen molar-refractivity contribution in [3.8, 4) is 0 Å². The first-order valence-corrected chi connectivity index (χ1v) is 7.51. The number of hydrogen-bond acceptors (Lipinski definition) is 3. The van der Waals surface area contributed by atoms with Crippen molar-refractivity contribution >= 4 is 0 Å². The minimum Gasteiger partial charge on any atom is -0.330 e. The van der Waals surface area contributed by atoms with Gasteiger partial charge in [0.25, 0.3) is 0 Å². The zero-order chi connectivity index (χ0) is 12.3. The predicted octanol–water partition coefficient (Wildman–Crippen LogP) is 1.92. The lowest BCUT2D eigenvalue weighted by Crippen LogP contribution is -2.31. The van der Waals surface area contributed by atoms with Crippen molar-refractivity contribution in [2.75, 3.05) is 45.8 Å². The van der Waals surface area contributed by atoms with Crippen LogP contribution in [0.25, 0.3) is 0 Å². The molecule has 0 aliphatic carbocycles. The van der Waals surface area contributed by atoms with Crippen LogP contribution in [0.5, 0.6) is 0 Å². The molecule has 0 unspecified atom stereocenters. The van der Waals surface area contributed by atoms with Gasteiger partial charge >= 0.3 is 0 Å². The van der Waals surface area contributed by atoms with E-state index in [1.54, 1.807) is 0 Å². The molecular formula is C14H31N3. The first-order valence-electron chi connectivity index (χ1n) is 7.51. The van der Waals surface area contributed by atoms with E-state index < -0.39 is 0 Å². The molecule has 0 spiro atoms. The Morgan fingerprint density at radius 3 is 2.06 bits per heavy atom. The molecule has 0 aromatic rings. The number of hydrogen-bond donors (Lipinski definition) is 1. The summed E-state index contributed by atoms with van der Waals surface area (Å²) < 4.78 is 0. The molecule has 1 aliphatic rings. The lowest BCUT2D eigenvalue weighted by molar-refractivity contribution is 0.251. The Morgan fingerprint density at radius 2 is 1.47 bits per heavy atom. The van der Waals surface area contributed by atoms with E-state index in [4.69, 9.17) is 5.73 Å². The van der Waals surface area contributed by atoms with Gasteiger partial charge < -0.3 is 15.5 Å². The van der Waals surface area contributed by atoms with Crippen LogP contribution in [-0.2, 0) is 0 Å². The summed E-state index contributed by atoms with van der Waals surface area (Å²) in [6.07, 6.45) is 7.84. The third kappa shape index (κ3) is 7.02. The zero-order valence-corrected chi connectivity index (χ0v) is 11.7. The first-order chi connectivity index (χ1) is 8.36. The summed E-state index contributed by atoms with van der Waals surface area (Å²) in [7, 11) is 0. The molecule has 1 fully saturated rings. The summed E-state index contributed by atoms with van der Waals surface area (Å²) in [6.45, 7) is 10.9. The van der Waals surface area contributed by atoms with E-state index in [2.05, 4.69) is 16.7 Å². The average Bonchev–Trinajstić information content (AvgIpc) is 2.57. The van der Waals surface area contributed by atoms with Crippen molar-refractivity contribution in [1.82, 2.24) is 9.80 Å². The second kappa shape index (κ2) is 9.86. The van der Waals surface area contributed by atoms with Gasteiger partial charge in [-0.1, -0.05) is 19.8 Å². The Balaban J connectivity index is 2.09. The summed E-state index contributed by atoms with van der Waals surface area (Å²) in [5.41, 5.74) is 5.52. The molecule has 102 valence electrons. The van der Waals surface area contributed by atoms with Crippen LogP contribution in [0, 0.1) is 0 Å². The summed E-state index contributed by atoms with van der Waals surface area (Å²) >= 11 is 0. The van der Waals surface area contributed by atoms with Gasteiger partial charge in [-0.15, -0.1) is 0 Å². The highest BCUT2D eigenvalue weighted by Gasteiger charge is 2.13. The Bertz CT molecular complexity index is 173. The van der Waals surface area contributed by atoms with Crippen molar-refractivity contribution < 1.29 is 0 Å². The van der Waals surface area contributed by atoms with E-state index in [-0.39, 0.29) is 0 Å². The third-order valence-corrected chi connectivity index (χ3v) is 3.69. The second-order valence-corrected chi connectivity index (χ2v) is 5.24. The summed E-state index contributed by atoms with van der Waals surface area (Å²) in [4.78, 5) is 5.28. The maximum atomic E-state index is 5.52. The quantitative estimate of drug-likeness (QED) is 0.659. The van der Waals surface area contributed by atoms with Crippen molar-refractivity contribution in [1.29, 1.82) is 0 Å². The van der Waals surface area contributed by atoms with Gasteiger partial charge in [-0.25, -0.2) is 0 Å². The van der Waals surface area contributed by atoms with Crippen LogP contribution in [0.2, 0.25) is 0 Å². The average molecular weight is 241 g/mol. The number of nitrogens with two attached hydrogens (primary N) is 1. The Hall–Kier alpha value is -0.120. The summed E-state index contributed by atoms with van der Waals surface area (Å²) in [5, 5.41) is 0. The molecule has 0 aromatic carbocycles. The van der Waals surface area contributed by atoms with Gasteiger partial charge in [0.15, 0.2) is 0 Å². The molecule has 0 saturated carbocycles. The minimum atomic E-state index is 0.852. The molecule has 0 amide bonds. The highest BCUT2D eigenvalue weighted by atomic mass is 15.2. The fraction of sp³-hybridized carbons (Fsp3) is 1.00. The molecule has 0 aromatic heterocycles. The van der Waals surface area contributed by atoms with Gasteiger partial charge in [0, 0.05) is 13.1 Å². The predicted molar refractivity (Wildman–Crippen MR) is 75.3 cm³/mol. The van der Waals surface area contributed by atoms with Crippen LogP contribution in [-0.4, -0.2) is 55.6 Å². The van der Waals surface area contributed by atoms with E-state index in [9.17, 15) is 0 Å². The Kier molecular flexibility index (Phi) is 8.67. The van der Waals surface area contributed by atoms with Gasteiger partial charge in [0.1, 0.15) is 0 Å². The van der Waals surface area contributed by atoms with Gasteiger partial charge in [-0.3, -0.25) is 0 Å². The zero-order valence-electron chi connectivity index (χ0n) is 11.7. The fourth-order valence-electron chi connectivity index (χ4n) is 2.51. The van der Waals surface area contributed by atoms with Crippen LogP contribution < -0.4 is 5.73 Å². The Labute approximate surface area is 107 Å². The third-order valence-electron chi connectivity index (χ3n) is 3.69. The second-order valence-electron chi connectivity index (χ2n) is 5.24. The monoisotopic (exact) mass is 241 g/mol. The molecule has 1 rings (SSSR count). The van der Waals surface area contributed by atoms with E-state index in [0.717, 1.165) is 6.54 Å². The van der Waals surface area contributed by atoms with Gasteiger partial charge in [0.2, 0.25) is 0 Å². The van der Waals surface area contributed by atoms with Crippen LogP contribution in [0.4, 0.5) is 0 Å². The van der Waals surface area contributed by atoms with Crippen LogP contribution >= 0.6 is 0 Å². The maximum Gasteiger partial charge on any atom is 0.0109 e. The highest BCUT2D eigenvalue weighted by Crippen LogP contribution is 2.06. The molecule has 17 heavy (non-hydrogen) atoms. The Morgan fingerprint density at radius 1 is 0.824 bits per heavy atom. The largest absolute Gasteiger partial charge is 0.330 e. The summed E-state index contributed by atoms with van der Waals surface area (Å²) in [5.74, 6) is 0. The molecule has 0 atom stereocenters. The SMILES string of the molecule is CCCCN1CCCN(CCCCCN)CC1. The standard InChI is InChI=1S/C14H31N3/c1-2-3-9-16-11-7-12-17(14-13-16)10-6-4-5-8-15/h2-15H2,1H3. The molecule has 2 N–H and O–H groups in total. The molecular weight excluding hydrogens is 210 g/mol. The van der Waals surface area contributed by atoms with Gasteiger partial charge in [-0.05, 0) is 58.4 Å². The van der Waals surface area contributed by atoms with Crippen LogP contribution in [0.3, 0.4) is 0 Å². The van der Waals surface area contributed by atoms with E-state index >= 15 is 0 Å². The van der Waals surface area contributed by atoms with Gasteiger partial charge in [0.05, 0.1) is 0 Å². The van der Waals surface area contributed by atoms with Crippen molar-refractivity contribution in [3.63, 3.8) is 0 Å². The fourth-order valence-corrected chi connectivity index (χ4v) is 2.51. The molecule has 1 saturated heterocycles. The molecule has 0 bridgehead atoms. The molecule has 0 radical (unpaired) electrons. The minimum absolute atomic E-state index is 0.852. The number of rotatable bonds is 8. The first kappa shape index (κ1) is 14.9. The molecule has 1 heterocycles. The molecule has 3 heteroatoms. The lowest BCUT2D eigenvalue weighted by Gasteiger charge is -2.21. The number of unbranched alkanes of at least 4 members (excludes halogenated alkanes) is 3. The van der Waals surface area contributed by atoms with Crippen molar-refractivity contribution in [3.05, 3.63) is 0 Å². The highest BCUT2D eigenvalue weighted by molar-refractivity contribution is 4.69. The van der Waals surface area contributed by atoms with Crippen molar-refractivity contribution in [2.45, 2.75) is 45.4 Å². The van der Waals surface area contributed by atoms with E-state index in [1.165, 1.54) is 77.8 Å². The van der Waals surface area contributed by atoms with E-state index in [1.807, 2.05) is 0 Å².